The minimum Gasteiger partial charge on any atom is -0.478 e. The number of aromatic carboxylic acids is 1. The van der Waals surface area contributed by atoms with Crippen LogP contribution in [0.5, 0.6) is 0 Å². The van der Waals surface area contributed by atoms with Gasteiger partial charge in [-0.2, -0.15) is 0 Å². The summed E-state index contributed by atoms with van der Waals surface area (Å²) in [5, 5.41) is 10.3. The van der Waals surface area contributed by atoms with Gasteiger partial charge in [-0.05, 0) is 59.9 Å². The molecule has 0 saturated carbocycles. The molecule has 0 bridgehead atoms. The molecule has 140 valence electrons. The molecule has 27 heavy (non-hydrogen) atoms. The quantitative estimate of drug-likeness (QED) is 0.569. The zero-order valence-electron chi connectivity index (χ0n) is 16.6. The van der Waals surface area contributed by atoms with Gasteiger partial charge in [-0.15, -0.1) is 0 Å². The topological polar surface area (TPSA) is 50.4 Å². The predicted octanol–water partition coefficient (Wildman–Crippen LogP) is 6.46. The van der Waals surface area contributed by atoms with E-state index in [4.69, 9.17) is 4.42 Å². The number of furan rings is 1. The first-order valence-corrected chi connectivity index (χ1v) is 9.52. The first-order valence-electron chi connectivity index (χ1n) is 9.52. The van der Waals surface area contributed by atoms with E-state index in [1.165, 1.54) is 17.5 Å². The molecule has 1 aliphatic carbocycles. The Kier molecular flexibility index (Phi) is 3.78. The maximum Gasteiger partial charge on any atom is 0.336 e. The molecule has 0 fully saturated rings. The molecule has 0 spiro atoms. The lowest BCUT2D eigenvalue weighted by Gasteiger charge is -2.42. The van der Waals surface area contributed by atoms with Crippen molar-refractivity contribution in [3.8, 4) is 11.3 Å². The number of carboxylic acids is 1. The van der Waals surface area contributed by atoms with E-state index in [0.29, 0.717) is 11.1 Å². The average Bonchev–Trinajstić information content (AvgIpc) is 3.04. The summed E-state index contributed by atoms with van der Waals surface area (Å²) in [6.45, 7) is 11.1. The molecule has 0 radical (unpaired) electrons. The molecule has 4 rings (SSSR count). The summed E-state index contributed by atoms with van der Waals surface area (Å²) in [5.74, 6) is -0.136. The Labute approximate surface area is 160 Å². The van der Waals surface area contributed by atoms with E-state index in [1.807, 2.05) is 12.1 Å². The Morgan fingerprint density at radius 3 is 2.30 bits per heavy atom. The Bertz CT molecular complexity index is 1070. The van der Waals surface area contributed by atoms with Crippen molar-refractivity contribution in [3.63, 3.8) is 0 Å². The van der Waals surface area contributed by atoms with E-state index in [2.05, 4.69) is 45.9 Å². The summed E-state index contributed by atoms with van der Waals surface area (Å²) in [6.07, 6.45) is 2.35. The number of fused-ring (bicyclic) bond motifs is 2. The van der Waals surface area contributed by atoms with Gasteiger partial charge in [0.25, 0.3) is 0 Å². The maximum atomic E-state index is 11.4. The molecule has 1 aliphatic rings. The fourth-order valence-corrected chi connectivity index (χ4v) is 4.36. The van der Waals surface area contributed by atoms with Crippen LogP contribution in [0, 0.1) is 6.92 Å². The highest BCUT2D eigenvalue weighted by Gasteiger charge is 2.37. The Morgan fingerprint density at radius 1 is 0.963 bits per heavy atom. The van der Waals surface area contributed by atoms with Gasteiger partial charge < -0.3 is 9.52 Å². The minimum atomic E-state index is -0.926. The van der Waals surface area contributed by atoms with Crippen LogP contribution in [0.25, 0.3) is 22.3 Å². The van der Waals surface area contributed by atoms with Crippen LogP contribution in [0.3, 0.4) is 0 Å². The Hall–Kier alpha value is -2.55. The molecule has 3 aromatic rings. The van der Waals surface area contributed by atoms with Gasteiger partial charge >= 0.3 is 5.97 Å². The van der Waals surface area contributed by atoms with E-state index in [1.54, 1.807) is 13.0 Å². The van der Waals surface area contributed by atoms with Gasteiger partial charge in [-0.1, -0.05) is 45.9 Å². The molecule has 1 heterocycles. The summed E-state index contributed by atoms with van der Waals surface area (Å²) in [6, 6.07) is 12.1. The zero-order chi connectivity index (χ0) is 19.6. The van der Waals surface area contributed by atoms with E-state index in [-0.39, 0.29) is 16.4 Å². The second-order valence-electron chi connectivity index (χ2n) is 9.10. The van der Waals surface area contributed by atoms with Crippen LogP contribution in [0.4, 0.5) is 0 Å². The van der Waals surface area contributed by atoms with Crippen molar-refractivity contribution >= 4 is 16.9 Å². The van der Waals surface area contributed by atoms with Crippen molar-refractivity contribution in [2.75, 3.05) is 0 Å². The summed E-state index contributed by atoms with van der Waals surface area (Å²) < 4.78 is 6.12. The molecule has 1 aromatic heterocycles. The van der Waals surface area contributed by atoms with Crippen LogP contribution in [-0.2, 0) is 10.8 Å². The fourth-order valence-electron chi connectivity index (χ4n) is 4.36. The molecule has 2 aromatic carbocycles. The van der Waals surface area contributed by atoms with Crippen molar-refractivity contribution in [1.82, 2.24) is 0 Å². The third-order valence-corrected chi connectivity index (χ3v) is 6.30. The summed E-state index contributed by atoms with van der Waals surface area (Å²) in [5.41, 5.74) is 5.79. The molecule has 0 atom stereocenters. The third-order valence-electron chi connectivity index (χ3n) is 6.30. The standard InChI is InChI=1S/C24H26O3/c1-14-17(22(25)26)8-6-16-13-20(27-21(14)16)15-7-9-18-19(12-15)24(4,5)11-10-23(18,2)3/h6-9,12-13H,10-11H2,1-5H3,(H,25,26). The van der Waals surface area contributed by atoms with Crippen LogP contribution >= 0.6 is 0 Å². The van der Waals surface area contributed by atoms with E-state index >= 15 is 0 Å². The van der Waals surface area contributed by atoms with E-state index < -0.39 is 5.97 Å². The van der Waals surface area contributed by atoms with Gasteiger partial charge in [0.05, 0.1) is 5.56 Å². The van der Waals surface area contributed by atoms with Crippen LogP contribution in [0.1, 0.15) is 67.6 Å². The number of hydrogen-bond acceptors (Lipinski definition) is 2. The molecule has 1 N–H and O–H groups in total. The molecule has 0 saturated heterocycles. The van der Waals surface area contributed by atoms with E-state index in [0.717, 1.165) is 23.1 Å². The second kappa shape index (κ2) is 5.72. The third kappa shape index (κ3) is 2.77. The van der Waals surface area contributed by atoms with Gasteiger partial charge in [-0.3, -0.25) is 0 Å². The van der Waals surface area contributed by atoms with Gasteiger partial charge in [0, 0.05) is 16.5 Å². The van der Waals surface area contributed by atoms with Crippen molar-refractivity contribution in [1.29, 1.82) is 0 Å². The normalized spacial score (nSPS) is 17.7. The lowest BCUT2D eigenvalue weighted by Crippen LogP contribution is -2.33. The van der Waals surface area contributed by atoms with Crippen molar-refractivity contribution in [3.05, 3.63) is 58.7 Å². The molecular weight excluding hydrogens is 336 g/mol. The molecule has 3 nitrogen and oxygen atoms in total. The monoisotopic (exact) mass is 362 g/mol. The molecule has 3 heteroatoms. The van der Waals surface area contributed by atoms with Crippen molar-refractivity contribution in [2.24, 2.45) is 0 Å². The molecule has 0 amide bonds. The molecular formula is C24H26O3. The largest absolute Gasteiger partial charge is 0.478 e. The fraction of sp³-hybridized carbons (Fsp3) is 0.375. The number of carbonyl (C=O) groups is 1. The van der Waals surface area contributed by atoms with Crippen LogP contribution in [-0.4, -0.2) is 11.1 Å². The SMILES string of the molecule is Cc1c(C(=O)O)ccc2cc(-c3ccc4c(c3)C(C)(C)CCC4(C)C)oc12. The van der Waals surface area contributed by atoms with Gasteiger partial charge in [-0.25, -0.2) is 4.79 Å². The Morgan fingerprint density at radius 2 is 1.63 bits per heavy atom. The predicted molar refractivity (Wildman–Crippen MR) is 109 cm³/mol. The number of rotatable bonds is 2. The first kappa shape index (κ1) is 17.8. The molecule has 0 unspecified atom stereocenters. The number of carboxylic acid groups (broad SMARTS) is 1. The second-order valence-corrected chi connectivity index (χ2v) is 9.10. The first-order chi connectivity index (χ1) is 12.6. The lowest BCUT2D eigenvalue weighted by molar-refractivity contribution is 0.0696. The van der Waals surface area contributed by atoms with Crippen LogP contribution < -0.4 is 0 Å². The van der Waals surface area contributed by atoms with Gasteiger partial charge in [0.15, 0.2) is 0 Å². The highest BCUT2D eigenvalue weighted by atomic mass is 16.4. The van der Waals surface area contributed by atoms with Gasteiger partial charge in [0.1, 0.15) is 11.3 Å². The lowest BCUT2D eigenvalue weighted by atomic mass is 9.63. The highest BCUT2D eigenvalue weighted by molar-refractivity contribution is 5.96. The van der Waals surface area contributed by atoms with Crippen molar-refractivity contribution < 1.29 is 14.3 Å². The van der Waals surface area contributed by atoms with Crippen LogP contribution in [0.15, 0.2) is 40.8 Å². The van der Waals surface area contributed by atoms with Gasteiger partial charge in [0.2, 0.25) is 0 Å². The van der Waals surface area contributed by atoms with Crippen LogP contribution in [0.2, 0.25) is 0 Å². The molecule has 0 aliphatic heterocycles. The Balaban J connectivity index is 1.88. The summed E-state index contributed by atoms with van der Waals surface area (Å²) in [7, 11) is 0. The highest BCUT2D eigenvalue weighted by Crippen LogP contribution is 2.47. The maximum absolute atomic E-state index is 11.4. The minimum absolute atomic E-state index is 0.138. The zero-order valence-corrected chi connectivity index (χ0v) is 16.6. The smallest absolute Gasteiger partial charge is 0.336 e. The number of benzene rings is 2. The summed E-state index contributed by atoms with van der Waals surface area (Å²) >= 11 is 0. The van der Waals surface area contributed by atoms with E-state index in [9.17, 15) is 9.90 Å². The number of hydrogen-bond donors (Lipinski definition) is 1. The summed E-state index contributed by atoms with van der Waals surface area (Å²) in [4.78, 5) is 11.4. The number of aryl methyl sites for hydroxylation is 1. The average molecular weight is 362 g/mol. The van der Waals surface area contributed by atoms with Crippen molar-refractivity contribution in [2.45, 2.75) is 58.3 Å².